The second-order valence-corrected chi connectivity index (χ2v) is 3.69. The third-order valence-electron chi connectivity index (χ3n) is 2.16. The Kier molecular flexibility index (Phi) is 8.22. The molecule has 0 spiro atoms. The molecule has 0 saturated heterocycles. The maximum absolute atomic E-state index is 10.4. The van der Waals surface area contributed by atoms with E-state index in [4.69, 9.17) is 15.9 Å². The van der Waals surface area contributed by atoms with Crippen molar-refractivity contribution < 1.29 is 19.8 Å². The van der Waals surface area contributed by atoms with Crippen LogP contribution in [0, 0.1) is 0 Å². The van der Waals surface area contributed by atoms with E-state index >= 15 is 0 Å². The van der Waals surface area contributed by atoms with Gasteiger partial charge in [-0.1, -0.05) is 25.8 Å². The number of carboxylic acids is 2. The largest absolute Gasteiger partial charge is 0.478 e. The lowest BCUT2D eigenvalue weighted by molar-refractivity contribution is 0.0696. The Balaban J connectivity index is 0.000000411. The van der Waals surface area contributed by atoms with Gasteiger partial charge in [0, 0.05) is 0 Å². The second kappa shape index (κ2) is 9.18. The zero-order valence-corrected chi connectivity index (χ0v) is 10.4. The average molecular weight is 253 g/mol. The smallest absolute Gasteiger partial charge is 0.335 e. The van der Waals surface area contributed by atoms with Crippen LogP contribution in [0.1, 0.15) is 46.9 Å². The molecule has 4 N–H and O–H groups in total. The summed E-state index contributed by atoms with van der Waals surface area (Å²) in [6.45, 7) is 3.03. The number of unbranched alkanes of at least 4 members (excludes halogenated alkanes) is 2. The van der Waals surface area contributed by atoms with E-state index in [1.54, 1.807) is 0 Å². The van der Waals surface area contributed by atoms with Crippen LogP contribution in [0.15, 0.2) is 24.3 Å². The number of carbonyl (C=O) groups is 2. The zero-order chi connectivity index (χ0) is 14.0. The summed E-state index contributed by atoms with van der Waals surface area (Å²) >= 11 is 0. The van der Waals surface area contributed by atoms with Gasteiger partial charge in [0.25, 0.3) is 0 Å². The highest BCUT2D eigenvalue weighted by Crippen LogP contribution is 2.04. The minimum absolute atomic E-state index is 0.0186. The van der Waals surface area contributed by atoms with E-state index in [1.165, 1.54) is 37.5 Å². The van der Waals surface area contributed by atoms with Gasteiger partial charge in [0.2, 0.25) is 0 Å². The average Bonchev–Trinajstić information content (AvgIpc) is 2.37. The molecule has 0 fully saturated rings. The van der Waals surface area contributed by atoms with Crippen LogP contribution < -0.4 is 5.73 Å². The molecule has 0 amide bonds. The van der Waals surface area contributed by atoms with Gasteiger partial charge < -0.3 is 15.9 Å². The Bertz CT molecular complexity index is 357. The molecule has 0 radical (unpaired) electrons. The highest BCUT2D eigenvalue weighted by Gasteiger charge is 2.06. The van der Waals surface area contributed by atoms with Crippen molar-refractivity contribution in [2.24, 2.45) is 5.73 Å². The van der Waals surface area contributed by atoms with Crippen LogP contribution in [-0.2, 0) is 0 Å². The van der Waals surface area contributed by atoms with Crippen molar-refractivity contribution in [3.8, 4) is 0 Å². The van der Waals surface area contributed by atoms with E-state index < -0.39 is 11.9 Å². The third-order valence-corrected chi connectivity index (χ3v) is 2.16. The molecular weight excluding hydrogens is 234 g/mol. The van der Waals surface area contributed by atoms with Gasteiger partial charge in [-0.05, 0) is 31.2 Å². The summed E-state index contributed by atoms with van der Waals surface area (Å²) in [4.78, 5) is 20.8. The Hall–Kier alpha value is -1.88. The molecule has 0 heterocycles. The topological polar surface area (TPSA) is 101 Å². The van der Waals surface area contributed by atoms with Crippen molar-refractivity contribution in [3.05, 3.63) is 35.4 Å². The Morgan fingerprint density at radius 1 is 1.11 bits per heavy atom. The quantitative estimate of drug-likeness (QED) is 0.698. The summed E-state index contributed by atoms with van der Waals surface area (Å²) in [6.07, 6.45) is 3.75. The standard InChI is InChI=1S/C8H6O4.C5H13N/c9-7(10)5-2-1-3-6(4-5)8(11)12;1-2-3-4-5-6/h1-4H,(H,9,10)(H,11,12);2-6H2,1H3. The summed E-state index contributed by atoms with van der Waals surface area (Å²) in [7, 11) is 0. The highest BCUT2D eigenvalue weighted by atomic mass is 16.4. The van der Waals surface area contributed by atoms with E-state index in [2.05, 4.69) is 6.92 Å². The monoisotopic (exact) mass is 253 g/mol. The molecule has 0 aliphatic rings. The Morgan fingerprint density at radius 2 is 1.61 bits per heavy atom. The van der Waals surface area contributed by atoms with Crippen LogP contribution >= 0.6 is 0 Å². The molecule has 0 bridgehead atoms. The molecule has 1 rings (SSSR count). The zero-order valence-electron chi connectivity index (χ0n) is 10.4. The van der Waals surface area contributed by atoms with Crippen LogP contribution in [0.2, 0.25) is 0 Å². The number of hydrogen-bond donors (Lipinski definition) is 3. The van der Waals surface area contributed by atoms with Crippen LogP contribution in [0.25, 0.3) is 0 Å². The molecule has 0 aromatic heterocycles. The molecule has 100 valence electrons. The number of nitrogens with two attached hydrogens (primary N) is 1. The lowest BCUT2D eigenvalue weighted by Gasteiger charge is -1.95. The van der Waals surface area contributed by atoms with Crippen LogP contribution in [0.5, 0.6) is 0 Å². The first kappa shape index (κ1) is 16.1. The van der Waals surface area contributed by atoms with E-state index in [0.29, 0.717) is 0 Å². The fourth-order valence-corrected chi connectivity index (χ4v) is 1.18. The number of aromatic carboxylic acids is 2. The molecule has 5 nitrogen and oxygen atoms in total. The molecule has 0 saturated carbocycles. The Morgan fingerprint density at radius 3 is 1.89 bits per heavy atom. The molecule has 1 aromatic rings. The first-order valence-electron chi connectivity index (χ1n) is 5.79. The second-order valence-electron chi connectivity index (χ2n) is 3.69. The van der Waals surface area contributed by atoms with E-state index in [9.17, 15) is 9.59 Å². The molecule has 0 aliphatic carbocycles. The molecule has 0 aliphatic heterocycles. The van der Waals surface area contributed by atoms with Gasteiger partial charge in [-0.25, -0.2) is 9.59 Å². The SMILES string of the molecule is CCCCCN.O=C(O)c1cccc(C(=O)O)c1. The number of carboxylic acid groups (broad SMARTS) is 2. The van der Waals surface area contributed by atoms with Gasteiger partial charge in [-0.15, -0.1) is 0 Å². The Labute approximate surface area is 106 Å². The fraction of sp³-hybridized carbons (Fsp3) is 0.385. The number of rotatable bonds is 5. The van der Waals surface area contributed by atoms with Gasteiger partial charge in [0.15, 0.2) is 0 Å². The predicted molar refractivity (Wildman–Crippen MR) is 68.9 cm³/mol. The van der Waals surface area contributed by atoms with E-state index in [-0.39, 0.29) is 11.1 Å². The lowest BCUT2D eigenvalue weighted by Crippen LogP contribution is -2.01. The van der Waals surface area contributed by atoms with E-state index in [1.807, 2.05) is 0 Å². The maximum atomic E-state index is 10.4. The lowest BCUT2D eigenvalue weighted by atomic mass is 10.1. The van der Waals surface area contributed by atoms with Crippen molar-refractivity contribution >= 4 is 11.9 Å². The van der Waals surface area contributed by atoms with Gasteiger partial charge >= 0.3 is 11.9 Å². The van der Waals surface area contributed by atoms with Gasteiger partial charge in [-0.2, -0.15) is 0 Å². The van der Waals surface area contributed by atoms with Crippen molar-refractivity contribution in [1.82, 2.24) is 0 Å². The highest BCUT2D eigenvalue weighted by molar-refractivity contribution is 5.93. The van der Waals surface area contributed by atoms with Crippen LogP contribution in [-0.4, -0.2) is 28.7 Å². The molecule has 18 heavy (non-hydrogen) atoms. The molecule has 0 unspecified atom stereocenters. The van der Waals surface area contributed by atoms with Crippen LogP contribution in [0.4, 0.5) is 0 Å². The van der Waals surface area contributed by atoms with Crippen molar-refractivity contribution in [3.63, 3.8) is 0 Å². The van der Waals surface area contributed by atoms with Gasteiger partial charge in [-0.3, -0.25) is 0 Å². The summed E-state index contributed by atoms with van der Waals surface area (Å²) < 4.78 is 0. The number of hydrogen-bond acceptors (Lipinski definition) is 3. The summed E-state index contributed by atoms with van der Waals surface area (Å²) in [5.41, 5.74) is 5.18. The minimum Gasteiger partial charge on any atom is -0.478 e. The first-order valence-corrected chi connectivity index (χ1v) is 5.79. The predicted octanol–water partition coefficient (Wildman–Crippen LogP) is 2.22. The van der Waals surface area contributed by atoms with Gasteiger partial charge in [0.05, 0.1) is 11.1 Å². The van der Waals surface area contributed by atoms with Crippen molar-refractivity contribution in [2.45, 2.75) is 26.2 Å². The summed E-state index contributed by atoms with van der Waals surface area (Å²) in [6, 6.07) is 5.20. The van der Waals surface area contributed by atoms with Crippen molar-refractivity contribution in [2.75, 3.05) is 6.54 Å². The minimum atomic E-state index is -1.13. The summed E-state index contributed by atoms with van der Waals surface area (Å²) in [5.74, 6) is -2.25. The number of benzene rings is 1. The molecule has 1 aromatic carbocycles. The fourth-order valence-electron chi connectivity index (χ4n) is 1.18. The maximum Gasteiger partial charge on any atom is 0.335 e. The summed E-state index contributed by atoms with van der Waals surface area (Å²) in [5, 5.41) is 17.0. The van der Waals surface area contributed by atoms with Crippen molar-refractivity contribution in [1.29, 1.82) is 0 Å². The molecular formula is C13H19NO4. The first-order chi connectivity index (χ1) is 8.52. The molecule has 0 atom stereocenters. The van der Waals surface area contributed by atoms with Gasteiger partial charge in [0.1, 0.15) is 0 Å². The molecule has 5 heteroatoms. The third kappa shape index (κ3) is 6.65. The van der Waals surface area contributed by atoms with Crippen LogP contribution in [0.3, 0.4) is 0 Å². The normalized spacial score (nSPS) is 9.22. The van der Waals surface area contributed by atoms with E-state index in [0.717, 1.165) is 12.6 Å².